The van der Waals surface area contributed by atoms with Crippen molar-refractivity contribution in [1.29, 1.82) is 0 Å². The topological polar surface area (TPSA) is 83.6 Å². The number of morpholine rings is 1. The number of nitrogens with zero attached hydrogens (tertiary/aromatic N) is 2. The second-order valence-electron chi connectivity index (χ2n) is 6.90. The Labute approximate surface area is 162 Å². The molecule has 1 aliphatic heterocycles. The number of carbonyl (C=O) groups excluding carboxylic acids is 2. The van der Waals surface area contributed by atoms with Gasteiger partial charge in [0.05, 0.1) is 23.5 Å². The van der Waals surface area contributed by atoms with E-state index in [4.69, 9.17) is 4.74 Å². The monoisotopic (exact) mass is 386 g/mol. The Hall–Kier alpha value is -3.00. The number of rotatable bonds is 4. The third-order valence-electron chi connectivity index (χ3n) is 4.29. The number of pyridine rings is 1. The van der Waals surface area contributed by atoms with Crippen molar-refractivity contribution >= 4 is 29.0 Å². The summed E-state index contributed by atoms with van der Waals surface area (Å²) >= 11 is 0. The molecule has 1 aliphatic rings. The van der Waals surface area contributed by atoms with Gasteiger partial charge in [-0.25, -0.2) is 9.37 Å². The van der Waals surface area contributed by atoms with Crippen LogP contribution in [0, 0.1) is 5.82 Å². The molecule has 2 atom stereocenters. The molecule has 0 aliphatic carbocycles. The third-order valence-corrected chi connectivity index (χ3v) is 4.29. The lowest BCUT2D eigenvalue weighted by Gasteiger charge is -2.36. The van der Waals surface area contributed by atoms with Crippen molar-refractivity contribution in [3.8, 4) is 0 Å². The van der Waals surface area contributed by atoms with Crippen molar-refractivity contribution in [2.75, 3.05) is 28.6 Å². The molecule has 2 amide bonds. The largest absolute Gasteiger partial charge is 0.372 e. The second-order valence-corrected chi connectivity index (χ2v) is 6.90. The van der Waals surface area contributed by atoms with Gasteiger partial charge in [-0.15, -0.1) is 0 Å². The molecule has 2 heterocycles. The lowest BCUT2D eigenvalue weighted by atomic mass is 10.2. The molecule has 0 bridgehead atoms. The molecule has 0 unspecified atom stereocenters. The van der Waals surface area contributed by atoms with Crippen molar-refractivity contribution in [2.45, 2.75) is 33.0 Å². The summed E-state index contributed by atoms with van der Waals surface area (Å²) in [6.45, 7) is 6.80. The van der Waals surface area contributed by atoms with Crippen LogP contribution in [0.5, 0.6) is 0 Å². The van der Waals surface area contributed by atoms with Crippen molar-refractivity contribution in [3.63, 3.8) is 0 Å². The Morgan fingerprint density at radius 3 is 2.46 bits per heavy atom. The lowest BCUT2D eigenvalue weighted by molar-refractivity contribution is -0.114. The zero-order valence-corrected chi connectivity index (χ0v) is 16.0. The number of nitrogens with one attached hydrogen (secondary N) is 2. The van der Waals surface area contributed by atoms with E-state index in [-0.39, 0.29) is 23.8 Å². The first-order valence-electron chi connectivity index (χ1n) is 9.07. The van der Waals surface area contributed by atoms with Crippen LogP contribution >= 0.6 is 0 Å². The predicted octanol–water partition coefficient (Wildman–Crippen LogP) is 3.05. The first-order chi connectivity index (χ1) is 13.3. The summed E-state index contributed by atoms with van der Waals surface area (Å²) in [5.41, 5.74) is 0.757. The van der Waals surface area contributed by atoms with Gasteiger partial charge in [0.25, 0.3) is 5.91 Å². The number of ether oxygens (including phenoxy) is 1. The van der Waals surface area contributed by atoms with Crippen LogP contribution in [0.15, 0.2) is 36.5 Å². The van der Waals surface area contributed by atoms with Crippen LogP contribution in [0.25, 0.3) is 0 Å². The Balaban J connectivity index is 1.69. The van der Waals surface area contributed by atoms with Gasteiger partial charge in [-0.1, -0.05) is 0 Å². The minimum absolute atomic E-state index is 0.00864. The second kappa shape index (κ2) is 8.35. The van der Waals surface area contributed by atoms with Crippen LogP contribution in [-0.4, -0.2) is 42.1 Å². The van der Waals surface area contributed by atoms with Crippen molar-refractivity contribution < 1.29 is 18.7 Å². The van der Waals surface area contributed by atoms with Crippen molar-refractivity contribution in [3.05, 3.63) is 47.9 Å². The first kappa shape index (κ1) is 19.8. The Morgan fingerprint density at radius 1 is 1.14 bits per heavy atom. The highest BCUT2D eigenvalue weighted by Gasteiger charge is 2.23. The van der Waals surface area contributed by atoms with Crippen LogP contribution in [0.3, 0.4) is 0 Å². The summed E-state index contributed by atoms with van der Waals surface area (Å²) in [6.07, 6.45) is 1.74. The quantitative estimate of drug-likeness (QED) is 0.844. The molecule has 7 nitrogen and oxygen atoms in total. The smallest absolute Gasteiger partial charge is 0.257 e. The van der Waals surface area contributed by atoms with Gasteiger partial charge in [-0.2, -0.15) is 0 Å². The van der Waals surface area contributed by atoms with Gasteiger partial charge in [0.15, 0.2) is 0 Å². The maximum Gasteiger partial charge on any atom is 0.257 e. The molecule has 28 heavy (non-hydrogen) atoms. The Morgan fingerprint density at radius 2 is 1.86 bits per heavy atom. The summed E-state index contributed by atoms with van der Waals surface area (Å²) in [6, 6.07) is 7.47. The molecule has 1 aromatic heterocycles. The van der Waals surface area contributed by atoms with Gasteiger partial charge >= 0.3 is 0 Å². The fourth-order valence-corrected chi connectivity index (χ4v) is 3.16. The molecule has 8 heteroatoms. The highest BCUT2D eigenvalue weighted by atomic mass is 19.1. The third kappa shape index (κ3) is 4.83. The van der Waals surface area contributed by atoms with Crippen LogP contribution in [0.1, 0.15) is 31.1 Å². The van der Waals surface area contributed by atoms with Gasteiger partial charge in [-0.05, 0) is 44.2 Å². The normalized spacial score (nSPS) is 19.2. The highest BCUT2D eigenvalue weighted by Crippen LogP contribution is 2.21. The van der Waals surface area contributed by atoms with E-state index in [1.54, 1.807) is 12.1 Å². The first-order valence-corrected chi connectivity index (χ1v) is 9.07. The maximum atomic E-state index is 13.7. The summed E-state index contributed by atoms with van der Waals surface area (Å²) < 4.78 is 19.4. The van der Waals surface area contributed by atoms with E-state index < -0.39 is 11.7 Å². The van der Waals surface area contributed by atoms with E-state index in [0.717, 1.165) is 18.9 Å². The summed E-state index contributed by atoms with van der Waals surface area (Å²) in [4.78, 5) is 30.1. The van der Waals surface area contributed by atoms with E-state index >= 15 is 0 Å². The molecule has 0 saturated carbocycles. The van der Waals surface area contributed by atoms with Gasteiger partial charge in [-0.3, -0.25) is 9.59 Å². The summed E-state index contributed by atoms with van der Waals surface area (Å²) in [5.74, 6) is -0.557. The zero-order valence-electron chi connectivity index (χ0n) is 16.0. The van der Waals surface area contributed by atoms with Crippen molar-refractivity contribution in [1.82, 2.24) is 4.98 Å². The predicted molar refractivity (Wildman–Crippen MR) is 105 cm³/mol. The molecule has 1 saturated heterocycles. The fraction of sp³-hybridized carbons (Fsp3) is 0.350. The van der Waals surface area contributed by atoms with Crippen molar-refractivity contribution in [2.24, 2.45) is 0 Å². The molecule has 1 aromatic carbocycles. The number of halogens is 1. The molecule has 0 radical (unpaired) electrons. The average molecular weight is 386 g/mol. The molecule has 3 rings (SSSR count). The lowest BCUT2D eigenvalue weighted by Crippen LogP contribution is -2.45. The summed E-state index contributed by atoms with van der Waals surface area (Å²) in [5, 5.41) is 5.07. The van der Waals surface area contributed by atoms with Crippen LogP contribution in [0.2, 0.25) is 0 Å². The fourth-order valence-electron chi connectivity index (χ4n) is 3.16. The molecular formula is C20H23FN4O3. The molecule has 0 spiro atoms. The van der Waals surface area contributed by atoms with Crippen LogP contribution < -0.4 is 15.5 Å². The van der Waals surface area contributed by atoms with Gasteiger partial charge in [0, 0.05) is 31.9 Å². The number of anilines is 3. The standard InChI is InChI=1S/C20H23FN4O3/c1-12-10-25(11-13(2)28-12)19-7-4-15(9-22-19)20(27)24-16-5-6-17(21)18(8-16)23-14(3)26/h4-9,12-13H,10-11H2,1-3H3,(H,23,26)(H,24,27)/t12-,13+. The van der Waals surface area contributed by atoms with E-state index in [1.165, 1.54) is 31.3 Å². The zero-order chi connectivity index (χ0) is 20.3. The van der Waals surface area contributed by atoms with Crippen LogP contribution in [0.4, 0.5) is 21.6 Å². The SMILES string of the molecule is CC(=O)Nc1cc(NC(=O)c2ccc(N3C[C@@H](C)O[C@@H](C)C3)nc2)ccc1F. The number of aromatic nitrogens is 1. The number of benzene rings is 1. The maximum absolute atomic E-state index is 13.7. The van der Waals surface area contributed by atoms with E-state index in [1.807, 2.05) is 13.8 Å². The molecule has 2 aromatic rings. The number of carbonyl (C=O) groups is 2. The van der Waals surface area contributed by atoms with Gasteiger partial charge in [0.1, 0.15) is 11.6 Å². The number of amides is 2. The Kier molecular flexibility index (Phi) is 5.89. The minimum Gasteiger partial charge on any atom is -0.372 e. The molecular weight excluding hydrogens is 363 g/mol. The van der Waals surface area contributed by atoms with E-state index in [2.05, 4.69) is 20.5 Å². The van der Waals surface area contributed by atoms with Gasteiger partial charge < -0.3 is 20.3 Å². The van der Waals surface area contributed by atoms with E-state index in [0.29, 0.717) is 11.3 Å². The Bertz CT molecular complexity index is 862. The summed E-state index contributed by atoms with van der Waals surface area (Å²) in [7, 11) is 0. The highest BCUT2D eigenvalue weighted by molar-refractivity contribution is 6.04. The number of hydrogen-bond donors (Lipinski definition) is 2. The van der Waals surface area contributed by atoms with E-state index in [9.17, 15) is 14.0 Å². The minimum atomic E-state index is -0.576. The molecule has 1 fully saturated rings. The van der Waals surface area contributed by atoms with Gasteiger partial charge in [0.2, 0.25) is 5.91 Å². The molecule has 2 N–H and O–H groups in total. The number of hydrogen-bond acceptors (Lipinski definition) is 5. The van der Waals surface area contributed by atoms with Crippen LogP contribution in [-0.2, 0) is 9.53 Å². The average Bonchev–Trinajstić information content (AvgIpc) is 2.63. The molecule has 148 valence electrons.